The average molecular weight is 303 g/mol. The molecular formula is C16H21N3OS. The summed E-state index contributed by atoms with van der Waals surface area (Å²) in [7, 11) is 0. The van der Waals surface area contributed by atoms with Gasteiger partial charge in [-0.3, -0.25) is 0 Å². The quantitative estimate of drug-likeness (QED) is 0.889. The highest BCUT2D eigenvalue weighted by Crippen LogP contribution is 2.24. The highest BCUT2D eigenvalue weighted by Gasteiger charge is 2.14. The van der Waals surface area contributed by atoms with Crippen LogP contribution in [0.15, 0.2) is 34.9 Å². The Morgan fingerprint density at radius 2 is 2.14 bits per heavy atom. The van der Waals surface area contributed by atoms with Crippen molar-refractivity contribution in [3.63, 3.8) is 0 Å². The van der Waals surface area contributed by atoms with E-state index in [9.17, 15) is 0 Å². The first-order valence-electron chi connectivity index (χ1n) is 7.58. The van der Waals surface area contributed by atoms with Crippen LogP contribution in [-0.2, 0) is 13.0 Å². The van der Waals surface area contributed by atoms with Crippen LogP contribution in [0.25, 0.3) is 0 Å². The van der Waals surface area contributed by atoms with Gasteiger partial charge in [-0.2, -0.15) is 16.7 Å². The van der Waals surface area contributed by atoms with E-state index in [1.54, 1.807) is 0 Å². The van der Waals surface area contributed by atoms with Crippen LogP contribution in [0.2, 0.25) is 0 Å². The average Bonchev–Trinajstić information content (AvgIpc) is 2.97. The van der Waals surface area contributed by atoms with Crippen LogP contribution in [0.4, 0.5) is 0 Å². The summed E-state index contributed by atoms with van der Waals surface area (Å²) in [6, 6.07) is 10.2. The molecular weight excluding hydrogens is 282 g/mol. The second-order valence-electron chi connectivity index (χ2n) is 5.39. The van der Waals surface area contributed by atoms with Gasteiger partial charge in [0.25, 0.3) is 0 Å². The van der Waals surface area contributed by atoms with Crippen molar-refractivity contribution < 1.29 is 4.52 Å². The van der Waals surface area contributed by atoms with E-state index in [-0.39, 0.29) is 0 Å². The first-order valence-corrected chi connectivity index (χ1v) is 8.63. The normalized spacial score (nSPS) is 18.8. The molecule has 0 bridgehead atoms. The Bertz CT molecular complexity index is 537. The number of nitrogens with zero attached hydrogens (tertiary/aromatic N) is 2. The highest BCUT2D eigenvalue weighted by atomic mass is 32.2. The molecule has 1 aromatic heterocycles. The summed E-state index contributed by atoms with van der Waals surface area (Å²) in [5.74, 6) is 2.74. The fraction of sp³-hybridized carbons (Fsp3) is 0.500. The number of nitrogens with one attached hydrogen (secondary N) is 1. The fourth-order valence-electron chi connectivity index (χ4n) is 2.52. The van der Waals surface area contributed by atoms with Crippen molar-refractivity contribution in [2.45, 2.75) is 37.5 Å². The molecule has 1 aliphatic heterocycles. The standard InChI is InChI=1S/C16H21N3OS/c1-2-6-13(7-3-1)10-15-18-16(20-19-15)12-17-11-14-8-4-5-9-21-14/h1-3,6-7,14,17H,4-5,8-12H2. The van der Waals surface area contributed by atoms with Gasteiger partial charge in [-0.25, -0.2) is 0 Å². The van der Waals surface area contributed by atoms with Crippen LogP contribution in [0.1, 0.15) is 36.5 Å². The van der Waals surface area contributed by atoms with Crippen molar-refractivity contribution in [2.24, 2.45) is 0 Å². The third kappa shape index (κ3) is 4.58. The Labute approximate surface area is 129 Å². The molecule has 0 spiro atoms. The zero-order valence-corrected chi connectivity index (χ0v) is 12.9. The van der Waals surface area contributed by atoms with Gasteiger partial charge in [-0.15, -0.1) is 0 Å². The van der Waals surface area contributed by atoms with Gasteiger partial charge in [0.1, 0.15) is 0 Å². The number of hydrogen-bond donors (Lipinski definition) is 1. The summed E-state index contributed by atoms with van der Waals surface area (Å²) in [5, 5.41) is 8.22. The zero-order chi connectivity index (χ0) is 14.3. The van der Waals surface area contributed by atoms with E-state index in [0.717, 1.165) is 24.0 Å². The highest BCUT2D eigenvalue weighted by molar-refractivity contribution is 7.99. The van der Waals surface area contributed by atoms with E-state index < -0.39 is 0 Å². The first-order chi connectivity index (χ1) is 10.4. The van der Waals surface area contributed by atoms with Crippen LogP contribution < -0.4 is 5.32 Å². The van der Waals surface area contributed by atoms with Gasteiger partial charge in [0.05, 0.1) is 6.54 Å². The minimum Gasteiger partial charge on any atom is -0.338 e. The zero-order valence-electron chi connectivity index (χ0n) is 12.1. The molecule has 3 rings (SSSR count). The molecule has 1 atom stereocenters. The Kier molecular flexibility index (Phi) is 5.29. The molecule has 1 N–H and O–H groups in total. The lowest BCUT2D eigenvalue weighted by atomic mass is 10.1. The van der Waals surface area contributed by atoms with E-state index in [2.05, 4.69) is 39.4 Å². The molecule has 1 saturated heterocycles. The van der Waals surface area contributed by atoms with Crippen LogP contribution in [0.3, 0.4) is 0 Å². The summed E-state index contributed by atoms with van der Waals surface area (Å²) in [4.78, 5) is 4.44. The molecule has 2 aromatic rings. The number of aromatic nitrogens is 2. The molecule has 2 heterocycles. The monoisotopic (exact) mass is 303 g/mol. The largest absolute Gasteiger partial charge is 0.338 e. The van der Waals surface area contributed by atoms with E-state index in [1.165, 1.54) is 30.6 Å². The van der Waals surface area contributed by atoms with Gasteiger partial charge in [0, 0.05) is 18.2 Å². The molecule has 1 aliphatic rings. The van der Waals surface area contributed by atoms with Crippen LogP contribution in [-0.4, -0.2) is 27.7 Å². The lowest BCUT2D eigenvalue weighted by molar-refractivity contribution is 0.363. The number of thioether (sulfide) groups is 1. The van der Waals surface area contributed by atoms with Gasteiger partial charge < -0.3 is 9.84 Å². The molecule has 0 amide bonds. The van der Waals surface area contributed by atoms with E-state index in [4.69, 9.17) is 4.52 Å². The van der Waals surface area contributed by atoms with Crippen molar-refractivity contribution in [2.75, 3.05) is 12.3 Å². The molecule has 0 aliphatic carbocycles. The third-order valence-electron chi connectivity index (χ3n) is 3.64. The van der Waals surface area contributed by atoms with Crippen molar-refractivity contribution in [3.8, 4) is 0 Å². The number of hydrogen-bond acceptors (Lipinski definition) is 5. The molecule has 0 saturated carbocycles. The summed E-state index contributed by atoms with van der Waals surface area (Å²) in [5.41, 5.74) is 1.21. The summed E-state index contributed by atoms with van der Waals surface area (Å²) in [6.45, 7) is 1.69. The van der Waals surface area contributed by atoms with Gasteiger partial charge >= 0.3 is 0 Å². The predicted octanol–water partition coefficient (Wildman–Crippen LogP) is 3.04. The smallest absolute Gasteiger partial charge is 0.240 e. The second kappa shape index (κ2) is 7.61. The van der Waals surface area contributed by atoms with Crippen molar-refractivity contribution in [1.29, 1.82) is 0 Å². The van der Waals surface area contributed by atoms with Crippen LogP contribution in [0, 0.1) is 0 Å². The van der Waals surface area contributed by atoms with Crippen molar-refractivity contribution in [3.05, 3.63) is 47.6 Å². The molecule has 1 unspecified atom stereocenters. The molecule has 112 valence electrons. The van der Waals surface area contributed by atoms with E-state index >= 15 is 0 Å². The van der Waals surface area contributed by atoms with Gasteiger partial charge in [0.15, 0.2) is 5.82 Å². The van der Waals surface area contributed by atoms with Crippen LogP contribution in [0.5, 0.6) is 0 Å². The molecule has 21 heavy (non-hydrogen) atoms. The minimum absolute atomic E-state index is 0.666. The fourth-order valence-corrected chi connectivity index (χ4v) is 3.79. The maximum absolute atomic E-state index is 5.30. The van der Waals surface area contributed by atoms with Crippen molar-refractivity contribution in [1.82, 2.24) is 15.5 Å². The Morgan fingerprint density at radius 3 is 2.95 bits per heavy atom. The topological polar surface area (TPSA) is 51.0 Å². The third-order valence-corrected chi connectivity index (χ3v) is 5.04. The van der Waals surface area contributed by atoms with Crippen LogP contribution >= 0.6 is 11.8 Å². The number of benzene rings is 1. The molecule has 1 fully saturated rings. The maximum atomic E-state index is 5.30. The SMILES string of the molecule is c1ccc(Cc2noc(CNCC3CCCCS3)n2)cc1. The summed E-state index contributed by atoms with van der Waals surface area (Å²) < 4.78 is 5.30. The molecule has 1 aromatic carbocycles. The lowest BCUT2D eigenvalue weighted by Crippen LogP contribution is -2.26. The second-order valence-corrected chi connectivity index (χ2v) is 6.79. The van der Waals surface area contributed by atoms with Crippen molar-refractivity contribution >= 4 is 11.8 Å². The summed E-state index contributed by atoms with van der Waals surface area (Å²) in [6.07, 6.45) is 4.78. The Morgan fingerprint density at radius 1 is 1.24 bits per heavy atom. The molecule has 0 radical (unpaired) electrons. The Balaban J connectivity index is 1.44. The van der Waals surface area contributed by atoms with E-state index in [0.29, 0.717) is 12.4 Å². The first kappa shape index (κ1) is 14.6. The molecule has 4 nitrogen and oxygen atoms in total. The Hall–Kier alpha value is -1.33. The van der Waals surface area contributed by atoms with Gasteiger partial charge in [-0.1, -0.05) is 41.9 Å². The number of rotatable bonds is 6. The lowest BCUT2D eigenvalue weighted by Gasteiger charge is -2.20. The maximum Gasteiger partial charge on any atom is 0.240 e. The van der Waals surface area contributed by atoms with Gasteiger partial charge in [0.2, 0.25) is 5.89 Å². The summed E-state index contributed by atoms with van der Waals surface area (Å²) >= 11 is 2.08. The minimum atomic E-state index is 0.666. The van der Waals surface area contributed by atoms with Gasteiger partial charge in [-0.05, 0) is 24.2 Å². The predicted molar refractivity (Wildman–Crippen MR) is 85.3 cm³/mol. The molecule has 5 heteroatoms. The van der Waals surface area contributed by atoms with E-state index in [1.807, 2.05) is 18.2 Å².